The lowest BCUT2D eigenvalue weighted by atomic mass is 9.67. The summed E-state index contributed by atoms with van der Waals surface area (Å²) in [5.74, 6) is 0.758. The van der Waals surface area contributed by atoms with E-state index < -0.39 is 15.4 Å². The first-order chi connectivity index (χ1) is 20.9. The van der Waals surface area contributed by atoms with Crippen LogP contribution in [-0.2, 0) is 21.4 Å². The van der Waals surface area contributed by atoms with Gasteiger partial charge in [0.1, 0.15) is 5.75 Å². The van der Waals surface area contributed by atoms with Crippen molar-refractivity contribution in [2.75, 3.05) is 19.9 Å². The highest BCUT2D eigenvalue weighted by molar-refractivity contribution is 7.88. The third kappa shape index (κ3) is 7.17. The van der Waals surface area contributed by atoms with Gasteiger partial charge in [-0.15, -0.1) is 6.58 Å². The molecule has 6 nitrogen and oxygen atoms in total. The highest BCUT2D eigenvalue weighted by Crippen LogP contribution is 2.54. The van der Waals surface area contributed by atoms with Gasteiger partial charge >= 0.3 is 0 Å². The lowest BCUT2D eigenvalue weighted by molar-refractivity contribution is -0.155. The number of benzene rings is 3. The Morgan fingerprint density at radius 3 is 2.36 bits per heavy atom. The van der Waals surface area contributed by atoms with Crippen LogP contribution in [-0.4, -0.2) is 49.5 Å². The molecule has 1 saturated heterocycles. The Balaban J connectivity index is 1.64. The molecule has 1 amide bonds. The van der Waals surface area contributed by atoms with Gasteiger partial charge in [-0.2, -0.15) is 4.31 Å². The molecule has 1 aliphatic heterocycles. The van der Waals surface area contributed by atoms with E-state index in [0.717, 1.165) is 29.5 Å². The molecule has 44 heavy (non-hydrogen) atoms. The van der Waals surface area contributed by atoms with E-state index in [0.29, 0.717) is 28.6 Å². The monoisotopic (exact) mass is 654 g/mol. The van der Waals surface area contributed by atoms with Crippen LogP contribution >= 0.6 is 23.2 Å². The molecule has 1 aliphatic carbocycles. The zero-order valence-electron chi connectivity index (χ0n) is 25.5. The van der Waals surface area contributed by atoms with Gasteiger partial charge in [-0.1, -0.05) is 72.6 Å². The van der Waals surface area contributed by atoms with Crippen LogP contribution in [0.4, 0.5) is 0 Å². The van der Waals surface area contributed by atoms with Crippen molar-refractivity contribution in [3.8, 4) is 5.75 Å². The van der Waals surface area contributed by atoms with E-state index in [2.05, 4.69) is 12.6 Å². The van der Waals surface area contributed by atoms with Crippen molar-refractivity contribution in [2.45, 2.75) is 57.2 Å². The maximum absolute atomic E-state index is 14.8. The minimum atomic E-state index is -3.63. The molecule has 0 spiro atoms. The van der Waals surface area contributed by atoms with Crippen LogP contribution < -0.4 is 4.74 Å². The second-order valence-electron chi connectivity index (χ2n) is 12.4. The Kier molecular flexibility index (Phi) is 9.81. The van der Waals surface area contributed by atoms with Crippen LogP contribution in [0.25, 0.3) is 0 Å². The molecule has 1 saturated carbocycles. The normalized spacial score (nSPS) is 23.0. The largest absolute Gasteiger partial charge is 0.497 e. The molecule has 0 N–H and O–H groups in total. The molecular weight excluding hydrogens is 615 g/mol. The molecule has 0 aromatic heterocycles. The first kappa shape index (κ1) is 32.6. The Hall–Kier alpha value is -2.84. The highest BCUT2D eigenvalue weighted by Gasteiger charge is 2.53. The molecule has 0 bridgehead atoms. The number of nitrogens with zero attached hydrogens (tertiary/aromatic N) is 2. The number of amides is 1. The molecule has 0 radical (unpaired) electrons. The number of likely N-dealkylation sites (tertiary alicyclic amines) is 1. The van der Waals surface area contributed by atoms with Gasteiger partial charge in [0, 0.05) is 35.1 Å². The number of piperidine rings is 1. The predicted molar refractivity (Wildman–Crippen MR) is 178 cm³/mol. The summed E-state index contributed by atoms with van der Waals surface area (Å²) in [6.45, 7) is 6.35. The first-order valence-corrected chi connectivity index (χ1v) is 17.6. The van der Waals surface area contributed by atoms with Crippen molar-refractivity contribution in [1.29, 1.82) is 0 Å². The van der Waals surface area contributed by atoms with Gasteiger partial charge in [0.05, 0.1) is 24.8 Å². The predicted octanol–water partition coefficient (Wildman–Crippen LogP) is 7.88. The molecule has 2 unspecified atom stereocenters. The zero-order valence-corrected chi connectivity index (χ0v) is 27.8. The summed E-state index contributed by atoms with van der Waals surface area (Å²) in [6, 6.07) is 22.3. The number of carbonyl (C=O) groups is 1. The van der Waals surface area contributed by atoms with Crippen LogP contribution in [0.5, 0.6) is 5.75 Å². The first-order valence-electron chi connectivity index (χ1n) is 15.0. The van der Waals surface area contributed by atoms with Crippen molar-refractivity contribution in [3.63, 3.8) is 0 Å². The van der Waals surface area contributed by atoms with Crippen LogP contribution in [0.1, 0.15) is 61.3 Å². The zero-order chi connectivity index (χ0) is 31.6. The minimum Gasteiger partial charge on any atom is -0.497 e. The van der Waals surface area contributed by atoms with E-state index in [1.54, 1.807) is 7.11 Å². The Labute approximate surface area is 271 Å². The summed E-state index contributed by atoms with van der Waals surface area (Å²) in [4.78, 5) is 16.8. The molecule has 5 rings (SSSR count). The van der Waals surface area contributed by atoms with Crippen molar-refractivity contribution in [1.82, 2.24) is 9.21 Å². The summed E-state index contributed by atoms with van der Waals surface area (Å²) in [5.41, 5.74) is 2.08. The Bertz CT molecular complexity index is 1610. The van der Waals surface area contributed by atoms with Crippen LogP contribution in [0.2, 0.25) is 10.0 Å². The maximum atomic E-state index is 14.8. The number of halogens is 2. The van der Waals surface area contributed by atoms with Crippen LogP contribution in [0.3, 0.4) is 0 Å². The lowest BCUT2D eigenvalue weighted by Crippen LogP contribution is -2.58. The summed E-state index contributed by atoms with van der Waals surface area (Å²) in [5, 5.41) is 1.24. The van der Waals surface area contributed by atoms with Gasteiger partial charge in [-0.25, -0.2) is 8.42 Å². The standard InChI is InChI=1S/C35H40Cl2N2O4S/c1-5-18-35(2)21-31(27-9-7-10-29(37)20-27)33(26-14-16-28(36)17-15-26)39(34(35)40)32(25-12-13-25)23-38(44(4,41)42)22-24-8-6-11-30(19-24)43-3/h5-11,14-17,19-20,25,31-33H,1,12-13,18,21-23H2,2-4H3/t31?,32-,33?,35+/m1/s1. The molecule has 2 aliphatic rings. The second-order valence-corrected chi connectivity index (χ2v) is 15.3. The van der Waals surface area contributed by atoms with E-state index >= 15 is 0 Å². The molecule has 1 heterocycles. The molecular formula is C35H40Cl2N2O4S. The number of ether oxygens (including phenoxy) is 1. The third-order valence-electron chi connectivity index (χ3n) is 9.06. The number of rotatable bonds is 12. The number of methoxy groups -OCH3 is 1. The second kappa shape index (κ2) is 13.3. The SMILES string of the molecule is C=CC[C@@]1(C)CC(c2cccc(Cl)c2)C(c2ccc(Cl)cc2)N([C@H](CN(Cc2cccc(OC)c2)S(C)(=O)=O)C2CC2)C1=O. The smallest absolute Gasteiger partial charge is 0.229 e. The van der Waals surface area contributed by atoms with Crippen molar-refractivity contribution < 1.29 is 17.9 Å². The Morgan fingerprint density at radius 2 is 1.75 bits per heavy atom. The van der Waals surface area contributed by atoms with Gasteiger partial charge in [0.15, 0.2) is 0 Å². The molecule has 3 aromatic carbocycles. The number of allylic oxidation sites excluding steroid dienone is 1. The summed E-state index contributed by atoms with van der Waals surface area (Å²) >= 11 is 12.8. The fourth-order valence-electron chi connectivity index (χ4n) is 6.70. The third-order valence-corrected chi connectivity index (χ3v) is 10.8. The van der Waals surface area contributed by atoms with E-state index in [9.17, 15) is 13.2 Å². The minimum absolute atomic E-state index is 0.0161. The summed E-state index contributed by atoms with van der Waals surface area (Å²) in [7, 11) is -2.04. The fourth-order valence-corrected chi connectivity index (χ4v) is 7.83. The topological polar surface area (TPSA) is 66.9 Å². The Morgan fingerprint density at radius 1 is 1.05 bits per heavy atom. The van der Waals surface area contributed by atoms with E-state index in [1.807, 2.05) is 84.6 Å². The average Bonchev–Trinajstić information content (AvgIpc) is 3.83. The summed E-state index contributed by atoms with van der Waals surface area (Å²) < 4.78 is 33.5. The maximum Gasteiger partial charge on any atom is 0.229 e. The van der Waals surface area contributed by atoms with E-state index in [-0.39, 0.29) is 42.9 Å². The number of carbonyl (C=O) groups excluding carboxylic acids is 1. The fraction of sp³-hybridized carbons (Fsp3) is 0.400. The van der Waals surface area contributed by atoms with E-state index in [1.165, 1.54) is 10.6 Å². The molecule has 4 atom stereocenters. The van der Waals surface area contributed by atoms with Gasteiger partial charge in [0.25, 0.3) is 0 Å². The lowest BCUT2D eigenvalue weighted by Gasteiger charge is -2.52. The van der Waals surface area contributed by atoms with Gasteiger partial charge in [-0.05, 0) is 84.7 Å². The highest BCUT2D eigenvalue weighted by atomic mass is 35.5. The molecule has 3 aromatic rings. The van der Waals surface area contributed by atoms with Crippen LogP contribution in [0.15, 0.2) is 85.5 Å². The number of sulfonamides is 1. The van der Waals surface area contributed by atoms with E-state index in [4.69, 9.17) is 27.9 Å². The van der Waals surface area contributed by atoms with Crippen molar-refractivity contribution in [2.24, 2.45) is 11.3 Å². The number of hydrogen-bond acceptors (Lipinski definition) is 4. The number of hydrogen-bond donors (Lipinski definition) is 0. The average molecular weight is 656 g/mol. The molecule has 234 valence electrons. The van der Waals surface area contributed by atoms with Gasteiger partial charge in [0.2, 0.25) is 15.9 Å². The van der Waals surface area contributed by atoms with Gasteiger partial charge in [-0.3, -0.25) is 4.79 Å². The van der Waals surface area contributed by atoms with Crippen molar-refractivity contribution in [3.05, 3.63) is 112 Å². The van der Waals surface area contributed by atoms with Crippen LogP contribution in [0, 0.1) is 11.3 Å². The molecule has 9 heteroatoms. The quantitative estimate of drug-likeness (QED) is 0.186. The molecule has 2 fully saturated rings. The van der Waals surface area contributed by atoms with Gasteiger partial charge < -0.3 is 9.64 Å². The van der Waals surface area contributed by atoms with Crippen molar-refractivity contribution >= 4 is 39.1 Å². The summed E-state index contributed by atoms with van der Waals surface area (Å²) in [6.07, 6.45) is 6.01.